The zero-order valence-corrected chi connectivity index (χ0v) is 11.8. The first kappa shape index (κ1) is 16.6. The second-order valence-corrected chi connectivity index (χ2v) is 5.54. The van der Waals surface area contributed by atoms with E-state index in [2.05, 4.69) is 5.32 Å². The molecule has 0 aliphatic carbocycles. The van der Waals surface area contributed by atoms with Crippen LogP contribution in [0.4, 0.5) is 0 Å². The molecule has 98 valence electrons. The normalized spacial score (nSPS) is 14.1. The Hall–Kier alpha value is -0.420. The highest BCUT2D eigenvalue weighted by Crippen LogP contribution is 2.06. The molecule has 0 saturated carbocycles. The molecule has 17 heavy (non-hydrogen) atoms. The summed E-state index contributed by atoms with van der Waals surface area (Å²) < 4.78 is 11.8. The van der Waals surface area contributed by atoms with Crippen molar-refractivity contribution in [2.24, 2.45) is 0 Å². The van der Waals surface area contributed by atoms with Crippen LogP contribution in [0.1, 0.15) is 13.8 Å². The molecule has 0 aromatic heterocycles. The number of benzene rings is 1. The van der Waals surface area contributed by atoms with E-state index in [1.165, 1.54) is 0 Å². The van der Waals surface area contributed by atoms with Crippen LogP contribution in [0, 0.1) is 0 Å². The van der Waals surface area contributed by atoms with Gasteiger partial charge in [0.1, 0.15) is 0 Å². The number of nitrogens with one attached hydrogen (secondary N) is 1. The third-order valence-corrected chi connectivity index (χ3v) is 3.60. The molecule has 0 aliphatic rings. The Bertz CT molecular complexity index is 333. The Morgan fingerprint density at radius 2 is 1.88 bits per heavy atom. The molecule has 0 radical (unpaired) electrons. The van der Waals surface area contributed by atoms with Crippen molar-refractivity contribution in [3.05, 3.63) is 30.3 Å². The van der Waals surface area contributed by atoms with Gasteiger partial charge in [-0.3, -0.25) is 4.21 Å². The van der Waals surface area contributed by atoms with Crippen LogP contribution in [0.3, 0.4) is 0 Å². The third kappa shape index (κ3) is 6.78. The Labute approximate surface area is 111 Å². The molecule has 1 aromatic rings. The fraction of sp³-hybridized carbons (Fsp3) is 0.500. The molecule has 0 aliphatic heterocycles. The van der Waals surface area contributed by atoms with Crippen LogP contribution in [0.5, 0.6) is 0 Å². The maximum absolute atomic E-state index is 11.8. The van der Waals surface area contributed by atoms with Crippen molar-refractivity contribution < 1.29 is 9.32 Å². The van der Waals surface area contributed by atoms with Crippen molar-refractivity contribution in [1.82, 2.24) is 5.32 Å². The Morgan fingerprint density at radius 3 is 2.41 bits per heavy atom. The average molecular weight is 278 g/mol. The van der Waals surface area contributed by atoms with Crippen LogP contribution in [-0.4, -0.2) is 33.8 Å². The second kappa shape index (κ2) is 8.64. The predicted octanol–water partition coefficient (Wildman–Crippen LogP) is 1.57. The first-order chi connectivity index (χ1) is 7.59. The summed E-state index contributed by atoms with van der Waals surface area (Å²) >= 11 is 0. The smallest absolute Gasteiger partial charge is 0.0783 e. The van der Waals surface area contributed by atoms with E-state index in [1.54, 1.807) is 0 Å². The lowest BCUT2D eigenvalue weighted by Crippen LogP contribution is -2.34. The molecule has 1 rings (SSSR count). The van der Waals surface area contributed by atoms with E-state index in [0.717, 1.165) is 4.90 Å². The summed E-state index contributed by atoms with van der Waals surface area (Å²) in [6.07, 6.45) is -0.566. The van der Waals surface area contributed by atoms with E-state index in [-0.39, 0.29) is 18.2 Å². The summed E-state index contributed by atoms with van der Waals surface area (Å²) in [6, 6.07) is 9.56. The fourth-order valence-electron chi connectivity index (χ4n) is 1.27. The molecule has 0 saturated heterocycles. The van der Waals surface area contributed by atoms with Crippen LogP contribution < -0.4 is 5.32 Å². The van der Waals surface area contributed by atoms with Crippen LogP contribution >= 0.6 is 12.4 Å². The topological polar surface area (TPSA) is 49.3 Å². The molecule has 2 N–H and O–H groups in total. The lowest BCUT2D eigenvalue weighted by atomic mass is 10.3. The van der Waals surface area contributed by atoms with Crippen LogP contribution in [-0.2, 0) is 10.8 Å². The summed E-state index contributed by atoms with van der Waals surface area (Å²) in [5.74, 6) is 0.281. The fourth-order valence-corrected chi connectivity index (χ4v) is 2.39. The molecule has 2 unspecified atom stereocenters. The highest BCUT2D eigenvalue weighted by molar-refractivity contribution is 7.85. The summed E-state index contributed by atoms with van der Waals surface area (Å²) in [5.41, 5.74) is 0. The number of hydrogen-bond donors (Lipinski definition) is 2. The SMILES string of the molecule is CC(C)NCC(O)CS(=O)c1ccccc1.Cl. The quantitative estimate of drug-likeness (QED) is 0.830. The average Bonchev–Trinajstić information content (AvgIpc) is 2.27. The molecule has 5 heteroatoms. The van der Waals surface area contributed by atoms with Crippen LogP contribution in [0.15, 0.2) is 35.2 Å². The maximum Gasteiger partial charge on any atom is 0.0783 e. The number of halogens is 1. The van der Waals surface area contributed by atoms with Gasteiger partial charge in [-0.25, -0.2) is 0 Å². The monoisotopic (exact) mass is 277 g/mol. The predicted molar refractivity (Wildman–Crippen MR) is 74.1 cm³/mol. The van der Waals surface area contributed by atoms with Crippen LogP contribution in [0.25, 0.3) is 0 Å². The van der Waals surface area contributed by atoms with Crippen molar-refractivity contribution >= 4 is 23.2 Å². The molecule has 0 spiro atoms. The summed E-state index contributed by atoms with van der Waals surface area (Å²) in [7, 11) is -1.12. The van der Waals surface area contributed by atoms with E-state index in [9.17, 15) is 9.32 Å². The molecule has 0 fully saturated rings. The number of aliphatic hydroxyl groups excluding tert-OH is 1. The molecule has 1 aromatic carbocycles. The molecule has 0 bridgehead atoms. The first-order valence-corrected chi connectivity index (χ1v) is 6.76. The summed E-state index contributed by atoms with van der Waals surface area (Å²) in [6.45, 7) is 4.51. The van der Waals surface area contributed by atoms with Gasteiger partial charge in [0.25, 0.3) is 0 Å². The van der Waals surface area contributed by atoms with Gasteiger partial charge in [-0.2, -0.15) is 0 Å². The van der Waals surface area contributed by atoms with E-state index in [4.69, 9.17) is 0 Å². The largest absolute Gasteiger partial charge is 0.391 e. The molecule has 0 amide bonds. The molecular weight excluding hydrogens is 258 g/mol. The van der Waals surface area contributed by atoms with Gasteiger partial charge in [0.05, 0.1) is 22.7 Å². The lowest BCUT2D eigenvalue weighted by molar-refractivity contribution is 0.191. The number of hydrogen-bond acceptors (Lipinski definition) is 3. The van der Waals surface area contributed by atoms with E-state index >= 15 is 0 Å². The highest BCUT2D eigenvalue weighted by atomic mass is 35.5. The van der Waals surface area contributed by atoms with Gasteiger partial charge in [-0.05, 0) is 12.1 Å². The van der Waals surface area contributed by atoms with Gasteiger partial charge < -0.3 is 10.4 Å². The van der Waals surface area contributed by atoms with E-state index in [0.29, 0.717) is 12.6 Å². The van der Waals surface area contributed by atoms with Gasteiger partial charge in [0.2, 0.25) is 0 Å². The number of aliphatic hydroxyl groups is 1. The molecule has 0 heterocycles. The summed E-state index contributed by atoms with van der Waals surface area (Å²) in [5, 5.41) is 12.8. The minimum Gasteiger partial charge on any atom is -0.391 e. The first-order valence-electron chi connectivity index (χ1n) is 5.44. The molecule has 3 nitrogen and oxygen atoms in total. The van der Waals surface area contributed by atoms with Gasteiger partial charge in [0.15, 0.2) is 0 Å². The van der Waals surface area contributed by atoms with Crippen molar-refractivity contribution in [1.29, 1.82) is 0 Å². The minimum atomic E-state index is -1.12. The highest BCUT2D eigenvalue weighted by Gasteiger charge is 2.11. The van der Waals surface area contributed by atoms with E-state index < -0.39 is 16.9 Å². The Balaban J connectivity index is 0.00000256. The Kier molecular flexibility index (Phi) is 8.43. The minimum absolute atomic E-state index is 0. The van der Waals surface area contributed by atoms with Crippen molar-refractivity contribution in [2.75, 3.05) is 12.3 Å². The zero-order valence-electron chi connectivity index (χ0n) is 10.1. The number of rotatable bonds is 6. The molecular formula is C12H20ClNO2S. The second-order valence-electron chi connectivity index (χ2n) is 4.04. The van der Waals surface area contributed by atoms with Crippen molar-refractivity contribution in [3.8, 4) is 0 Å². The third-order valence-electron chi connectivity index (χ3n) is 2.11. The Morgan fingerprint density at radius 1 is 1.29 bits per heavy atom. The summed E-state index contributed by atoms with van der Waals surface area (Å²) in [4.78, 5) is 0.770. The van der Waals surface area contributed by atoms with Crippen molar-refractivity contribution in [2.45, 2.75) is 30.9 Å². The standard InChI is InChI=1S/C12H19NO2S.ClH/c1-10(2)13-8-11(14)9-16(15)12-6-4-3-5-7-12;/h3-7,10-11,13-14H,8-9H2,1-2H3;1H. The van der Waals surface area contributed by atoms with Crippen molar-refractivity contribution in [3.63, 3.8) is 0 Å². The maximum atomic E-state index is 11.8. The van der Waals surface area contributed by atoms with Gasteiger partial charge >= 0.3 is 0 Å². The van der Waals surface area contributed by atoms with Gasteiger partial charge in [-0.15, -0.1) is 12.4 Å². The zero-order chi connectivity index (χ0) is 12.0. The van der Waals surface area contributed by atoms with Crippen LogP contribution in [0.2, 0.25) is 0 Å². The van der Waals surface area contributed by atoms with E-state index in [1.807, 2.05) is 44.2 Å². The van der Waals surface area contributed by atoms with Gasteiger partial charge in [-0.1, -0.05) is 32.0 Å². The lowest BCUT2D eigenvalue weighted by Gasteiger charge is -2.13. The van der Waals surface area contributed by atoms with Gasteiger partial charge in [0, 0.05) is 17.5 Å². The molecule has 2 atom stereocenters.